The van der Waals surface area contributed by atoms with E-state index >= 15 is 0 Å². The van der Waals surface area contributed by atoms with E-state index in [0.29, 0.717) is 18.9 Å². The highest BCUT2D eigenvalue weighted by atomic mass is 32.1. The van der Waals surface area contributed by atoms with Crippen molar-refractivity contribution in [3.05, 3.63) is 52.5 Å². The minimum absolute atomic E-state index is 0.0182. The SMILES string of the molecule is CC(C)C[C@]1(C2CCN(Cc3ccncc3)CC2)NC(=O)N(CCc2cccs2)C1=O. The Labute approximate surface area is 188 Å². The highest BCUT2D eigenvalue weighted by molar-refractivity contribution is 7.09. The first-order chi connectivity index (χ1) is 15.0. The number of nitrogens with zero attached hydrogens (tertiary/aromatic N) is 3. The molecule has 0 aromatic carbocycles. The van der Waals surface area contributed by atoms with Crippen molar-refractivity contribution >= 4 is 23.3 Å². The molecule has 0 saturated carbocycles. The molecule has 1 N–H and O–H groups in total. The Morgan fingerprint density at radius 2 is 1.94 bits per heavy atom. The molecule has 7 heteroatoms. The molecular formula is C24H32N4O2S. The number of carbonyl (C=O) groups excluding carboxylic acids is 2. The lowest BCUT2D eigenvalue weighted by Gasteiger charge is -2.41. The number of pyridine rings is 1. The van der Waals surface area contributed by atoms with Gasteiger partial charge in [-0.05, 0) is 79.8 Å². The summed E-state index contributed by atoms with van der Waals surface area (Å²) in [6.07, 6.45) is 6.92. The Bertz CT molecular complexity index is 878. The standard InChI is InChI=1S/C24H32N4O2S/c1-18(2)16-24(20-7-12-27(13-8-20)17-19-5-10-25-11-6-19)22(29)28(23(30)26-24)14-9-21-4-3-15-31-21/h3-6,10-11,15,18,20H,7-9,12-14,16-17H2,1-2H3,(H,26,30)/t24-/m1/s1. The monoisotopic (exact) mass is 440 g/mol. The number of carbonyl (C=O) groups is 2. The van der Waals surface area contributed by atoms with Crippen LogP contribution in [0.2, 0.25) is 0 Å². The first-order valence-electron chi connectivity index (χ1n) is 11.3. The van der Waals surface area contributed by atoms with E-state index in [0.717, 1.165) is 38.9 Å². The van der Waals surface area contributed by atoms with Gasteiger partial charge in [0, 0.05) is 30.4 Å². The van der Waals surface area contributed by atoms with Gasteiger partial charge in [-0.3, -0.25) is 19.6 Å². The quantitative estimate of drug-likeness (QED) is 0.632. The molecule has 2 aromatic rings. The molecule has 4 rings (SSSR count). The summed E-state index contributed by atoms with van der Waals surface area (Å²) in [6, 6.07) is 7.95. The summed E-state index contributed by atoms with van der Waals surface area (Å²) in [5.74, 6) is 0.485. The number of nitrogens with one attached hydrogen (secondary N) is 1. The van der Waals surface area contributed by atoms with Gasteiger partial charge in [0.25, 0.3) is 5.91 Å². The molecule has 3 amide bonds. The van der Waals surface area contributed by atoms with E-state index in [2.05, 4.69) is 47.2 Å². The van der Waals surface area contributed by atoms with Gasteiger partial charge >= 0.3 is 6.03 Å². The third-order valence-corrected chi connectivity index (χ3v) is 7.47. The first-order valence-corrected chi connectivity index (χ1v) is 12.1. The van der Waals surface area contributed by atoms with E-state index in [-0.39, 0.29) is 17.9 Å². The number of hydrogen-bond acceptors (Lipinski definition) is 5. The van der Waals surface area contributed by atoms with Crippen LogP contribution >= 0.6 is 11.3 Å². The fraction of sp³-hybridized carbons (Fsp3) is 0.542. The number of urea groups is 1. The minimum Gasteiger partial charge on any atom is -0.323 e. The molecule has 0 unspecified atom stereocenters. The van der Waals surface area contributed by atoms with E-state index in [1.165, 1.54) is 15.3 Å². The normalized spacial score (nSPS) is 23.0. The van der Waals surface area contributed by atoms with Gasteiger partial charge in [0.05, 0.1) is 0 Å². The molecule has 2 fully saturated rings. The van der Waals surface area contributed by atoms with Crippen LogP contribution in [-0.4, -0.2) is 51.9 Å². The first kappa shape index (κ1) is 22.0. The average molecular weight is 441 g/mol. The maximum Gasteiger partial charge on any atom is 0.325 e. The van der Waals surface area contributed by atoms with Crippen LogP contribution in [-0.2, 0) is 17.8 Å². The lowest BCUT2D eigenvalue weighted by molar-refractivity contribution is -0.134. The number of aromatic nitrogens is 1. The van der Waals surface area contributed by atoms with E-state index in [1.807, 2.05) is 23.8 Å². The van der Waals surface area contributed by atoms with Crippen molar-refractivity contribution in [3.8, 4) is 0 Å². The second-order valence-corrected chi connectivity index (χ2v) is 10.2. The van der Waals surface area contributed by atoms with E-state index in [1.54, 1.807) is 11.3 Å². The van der Waals surface area contributed by atoms with Crippen molar-refractivity contribution in [1.82, 2.24) is 20.1 Å². The molecule has 1 atom stereocenters. The highest BCUT2D eigenvalue weighted by Gasteiger charge is 2.55. The molecule has 0 aliphatic carbocycles. The summed E-state index contributed by atoms with van der Waals surface area (Å²) in [4.78, 5) is 35.7. The zero-order chi connectivity index (χ0) is 21.8. The van der Waals surface area contributed by atoms with Crippen LogP contribution in [0, 0.1) is 11.8 Å². The summed E-state index contributed by atoms with van der Waals surface area (Å²) in [7, 11) is 0. The van der Waals surface area contributed by atoms with Crippen LogP contribution in [0.25, 0.3) is 0 Å². The van der Waals surface area contributed by atoms with Crippen molar-refractivity contribution in [3.63, 3.8) is 0 Å². The summed E-state index contributed by atoms with van der Waals surface area (Å²) in [6.45, 7) is 7.49. The summed E-state index contributed by atoms with van der Waals surface area (Å²) in [5.41, 5.74) is 0.499. The molecule has 166 valence electrons. The van der Waals surface area contributed by atoms with Crippen LogP contribution in [0.4, 0.5) is 4.79 Å². The van der Waals surface area contributed by atoms with Gasteiger partial charge in [-0.15, -0.1) is 11.3 Å². The van der Waals surface area contributed by atoms with Gasteiger partial charge in [0.15, 0.2) is 0 Å². The number of rotatable bonds is 8. The number of imide groups is 1. The maximum absolute atomic E-state index is 13.6. The van der Waals surface area contributed by atoms with E-state index in [9.17, 15) is 9.59 Å². The molecule has 2 aromatic heterocycles. The van der Waals surface area contributed by atoms with Crippen molar-refractivity contribution in [2.45, 2.75) is 51.6 Å². The Kier molecular flexibility index (Phi) is 6.72. The summed E-state index contributed by atoms with van der Waals surface area (Å²) < 4.78 is 0. The number of amides is 3. The Morgan fingerprint density at radius 3 is 2.58 bits per heavy atom. The van der Waals surface area contributed by atoms with E-state index < -0.39 is 5.54 Å². The molecule has 2 saturated heterocycles. The van der Waals surface area contributed by atoms with Crippen LogP contribution < -0.4 is 5.32 Å². The molecular weight excluding hydrogens is 408 g/mol. The summed E-state index contributed by atoms with van der Waals surface area (Å²) >= 11 is 1.67. The number of piperidine rings is 1. The van der Waals surface area contributed by atoms with Crippen molar-refractivity contribution in [1.29, 1.82) is 0 Å². The van der Waals surface area contributed by atoms with Gasteiger partial charge < -0.3 is 5.32 Å². The van der Waals surface area contributed by atoms with Gasteiger partial charge in [-0.1, -0.05) is 19.9 Å². The van der Waals surface area contributed by atoms with E-state index in [4.69, 9.17) is 0 Å². The van der Waals surface area contributed by atoms with Gasteiger partial charge in [-0.2, -0.15) is 0 Å². The molecule has 2 aliphatic rings. The zero-order valence-electron chi connectivity index (χ0n) is 18.4. The second kappa shape index (κ2) is 9.49. The predicted octanol–water partition coefficient (Wildman–Crippen LogP) is 3.93. The molecule has 6 nitrogen and oxygen atoms in total. The molecule has 0 bridgehead atoms. The van der Waals surface area contributed by atoms with Gasteiger partial charge in [0.1, 0.15) is 5.54 Å². The van der Waals surface area contributed by atoms with Crippen LogP contribution in [0.15, 0.2) is 42.0 Å². The fourth-order valence-electron chi connectivity index (χ4n) is 5.08. The maximum atomic E-state index is 13.6. The Balaban J connectivity index is 1.44. The fourth-order valence-corrected chi connectivity index (χ4v) is 5.78. The third kappa shape index (κ3) is 4.83. The molecule has 31 heavy (non-hydrogen) atoms. The Morgan fingerprint density at radius 1 is 1.19 bits per heavy atom. The van der Waals surface area contributed by atoms with Gasteiger partial charge in [-0.25, -0.2) is 4.79 Å². The van der Waals surface area contributed by atoms with Crippen molar-refractivity contribution < 1.29 is 9.59 Å². The largest absolute Gasteiger partial charge is 0.325 e. The van der Waals surface area contributed by atoms with Crippen molar-refractivity contribution in [2.24, 2.45) is 11.8 Å². The number of likely N-dealkylation sites (tertiary alicyclic amines) is 1. The smallest absolute Gasteiger partial charge is 0.323 e. The zero-order valence-corrected chi connectivity index (χ0v) is 19.2. The third-order valence-electron chi connectivity index (χ3n) is 6.53. The highest BCUT2D eigenvalue weighted by Crippen LogP contribution is 2.38. The molecule has 4 heterocycles. The summed E-state index contributed by atoms with van der Waals surface area (Å²) in [5, 5.41) is 5.21. The lowest BCUT2D eigenvalue weighted by atomic mass is 9.73. The average Bonchev–Trinajstić information content (AvgIpc) is 3.35. The molecule has 2 aliphatic heterocycles. The lowest BCUT2D eigenvalue weighted by Crippen LogP contribution is -2.56. The minimum atomic E-state index is -0.760. The van der Waals surface area contributed by atoms with Crippen LogP contribution in [0.1, 0.15) is 43.6 Å². The predicted molar refractivity (Wildman–Crippen MR) is 123 cm³/mol. The number of thiophene rings is 1. The molecule has 0 spiro atoms. The Hall–Kier alpha value is -2.25. The molecule has 0 radical (unpaired) electrons. The van der Waals surface area contributed by atoms with Gasteiger partial charge in [0.2, 0.25) is 0 Å². The second-order valence-electron chi connectivity index (χ2n) is 9.19. The number of hydrogen-bond donors (Lipinski definition) is 1. The van der Waals surface area contributed by atoms with Crippen LogP contribution in [0.5, 0.6) is 0 Å². The van der Waals surface area contributed by atoms with Crippen LogP contribution in [0.3, 0.4) is 0 Å². The topological polar surface area (TPSA) is 65.5 Å². The van der Waals surface area contributed by atoms with Crippen molar-refractivity contribution in [2.75, 3.05) is 19.6 Å².